The summed E-state index contributed by atoms with van der Waals surface area (Å²) in [7, 11) is -3.39. The minimum absolute atomic E-state index is 0.320. The standard InChI is InChI=1S/C21H24FN7O3S/c1-2-27-11-12-28(33(27,30)31)10-9-24-20-23-8-7-17(25-20)19-18(15-3-5-16(22)6-4-15)26-21-29(19)13-14-32-21/h3-8H,2,9-14H2,1H3,(H,23,24,25). The van der Waals surface area contributed by atoms with Crippen LogP contribution in [0.3, 0.4) is 0 Å². The van der Waals surface area contributed by atoms with E-state index in [4.69, 9.17) is 4.74 Å². The molecule has 0 amide bonds. The van der Waals surface area contributed by atoms with Gasteiger partial charge in [0.15, 0.2) is 0 Å². The summed E-state index contributed by atoms with van der Waals surface area (Å²) in [6.07, 6.45) is 1.64. The Morgan fingerprint density at radius 3 is 2.64 bits per heavy atom. The van der Waals surface area contributed by atoms with Crippen LogP contribution in [0.25, 0.3) is 22.6 Å². The van der Waals surface area contributed by atoms with E-state index in [9.17, 15) is 12.8 Å². The zero-order valence-electron chi connectivity index (χ0n) is 18.1. The van der Waals surface area contributed by atoms with Crippen LogP contribution in [0.1, 0.15) is 6.92 Å². The fourth-order valence-corrected chi connectivity index (χ4v) is 5.68. The molecule has 0 spiro atoms. The number of hydrogen-bond donors (Lipinski definition) is 1. The molecule has 2 aliphatic heterocycles. The van der Waals surface area contributed by atoms with Gasteiger partial charge in [0, 0.05) is 44.5 Å². The predicted molar refractivity (Wildman–Crippen MR) is 120 cm³/mol. The van der Waals surface area contributed by atoms with E-state index in [0.29, 0.717) is 69.2 Å². The molecule has 1 fully saturated rings. The number of ether oxygens (including phenoxy) is 1. The Balaban J connectivity index is 1.37. The van der Waals surface area contributed by atoms with Crippen molar-refractivity contribution < 1.29 is 17.5 Å². The molecule has 1 saturated heterocycles. The number of nitrogens with one attached hydrogen (secondary N) is 1. The van der Waals surface area contributed by atoms with Crippen LogP contribution in [0.15, 0.2) is 36.5 Å². The molecule has 1 N–H and O–H groups in total. The van der Waals surface area contributed by atoms with Gasteiger partial charge in [-0.2, -0.15) is 22.0 Å². The first-order valence-electron chi connectivity index (χ1n) is 10.8. The molecule has 174 valence electrons. The molecule has 0 unspecified atom stereocenters. The number of rotatable bonds is 7. The second kappa shape index (κ2) is 8.69. The molecule has 33 heavy (non-hydrogen) atoms. The van der Waals surface area contributed by atoms with Gasteiger partial charge in [0.25, 0.3) is 16.2 Å². The first-order chi connectivity index (χ1) is 16.0. The maximum Gasteiger partial charge on any atom is 0.297 e. The number of fused-ring (bicyclic) bond motifs is 1. The van der Waals surface area contributed by atoms with Crippen LogP contribution < -0.4 is 10.1 Å². The van der Waals surface area contributed by atoms with Crippen LogP contribution in [0, 0.1) is 5.82 Å². The Hall–Kier alpha value is -3.09. The molecular weight excluding hydrogens is 449 g/mol. The highest BCUT2D eigenvalue weighted by Gasteiger charge is 2.34. The van der Waals surface area contributed by atoms with Crippen molar-refractivity contribution in [3.05, 3.63) is 42.3 Å². The summed E-state index contributed by atoms with van der Waals surface area (Å²) in [5.74, 6) is 0.0647. The van der Waals surface area contributed by atoms with Gasteiger partial charge in [-0.05, 0) is 30.3 Å². The third kappa shape index (κ3) is 4.05. The second-order valence-corrected chi connectivity index (χ2v) is 9.62. The summed E-state index contributed by atoms with van der Waals surface area (Å²) < 4.78 is 48.8. The average molecular weight is 474 g/mol. The van der Waals surface area contributed by atoms with Crippen molar-refractivity contribution in [2.24, 2.45) is 0 Å². The minimum Gasteiger partial charge on any atom is -0.463 e. The van der Waals surface area contributed by atoms with Crippen LogP contribution in [0.2, 0.25) is 0 Å². The Kier molecular flexibility index (Phi) is 5.72. The monoisotopic (exact) mass is 473 g/mol. The molecule has 3 aromatic rings. The number of nitrogens with zero attached hydrogens (tertiary/aromatic N) is 6. The topological polar surface area (TPSA) is 105 Å². The first-order valence-corrected chi connectivity index (χ1v) is 12.2. The van der Waals surface area contributed by atoms with E-state index in [1.54, 1.807) is 24.4 Å². The lowest BCUT2D eigenvalue weighted by Crippen LogP contribution is -2.35. The van der Waals surface area contributed by atoms with Gasteiger partial charge >= 0.3 is 0 Å². The summed E-state index contributed by atoms with van der Waals surface area (Å²) >= 11 is 0. The molecule has 2 aliphatic rings. The second-order valence-electron chi connectivity index (χ2n) is 7.69. The van der Waals surface area contributed by atoms with Crippen LogP contribution in [0.4, 0.5) is 10.3 Å². The number of imidazole rings is 1. The van der Waals surface area contributed by atoms with E-state index in [-0.39, 0.29) is 5.82 Å². The van der Waals surface area contributed by atoms with Gasteiger partial charge in [-0.25, -0.2) is 14.4 Å². The largest absolute Gasteiger partial charge is 0.463 e. The molecule has 0 aliphatic carbocycles. The lowest BCUT2D eigenvalue weighted by atomic mass is 10.1. The number of aromatic nitrogens is 4. The molecule has 5 rings (SSSR count). The molecule has 0 radical (unpaired) electrons. The Labute approximate surface area is 191 Å². The lowest BCUT2D eigenvalue weighted by Gasteiger charge is -2.17. The highest BCUT2D eigenvalue weighted by Crippen LogP contribution is 2.36. The zero-order valence-corrected chi connectivity index (χ0v) is 18.9. The summed E-state index contributed by atoms with van der Waals surface area (Å²) in [6.45, 7) is 5.12. The van der Waals surface area contributed by atoms with Gasteiger partial charge in [0.05, 0.1) is 17.9 Å². The number of benzene rings is 1. The summed E-state index contributed by atoms with van der Waals surface area (Å²) in [5.41, 5.74) is 2.81. The summed E-state index contributed by atoms with van der Waals surface area (Å²) in [6, 6.07) is 8.41. The molecule has 1 aromatic carbocycles. The van der Waals surface area contributed by atoms with Gasteiger partial charge in [0.2, 0.25) is 5.95 Å². The number of halogens is 1. The fourth-order valence-electron chi connectivity index (χ4n) is 4.08. The van der Waals surface area contributed by atoms with Crippen LogP contribution in [-0.4, -0.2) is 75.9 Å². The van der Waals surface area contributed by atoms with Gasteiger partial charge in [-0.15, -0.1) is 0 Å². The number of likely N-dealkylation sites (N-methyl/N-ethyl adjacent to an activating group) is 1. The molecule has 0 atom stereocenters. The molecule has 12 heteroatoms. The molecule has 0 saturated carbocycles. The van der Waals surface area contributed by atoms with Crippen LogP contribution in [-0.2, 0) is 16.8 Å². The minimum atomic E-state index is -3.39. The molecular formula is C21H24FN7O3S. The first kappa shape index (κ1) is 21.7. The molecule has 4 heterocycles. The van der Waals surface area contributed by atoms with Crippen molar-refractivity contribution in [3.63, 3.8) is 0 Å². The van der Waals surface area contributed by atoms with Crippen molar-refractivity contribution >= 4 is 16.2 Å². The molecule has 0 bridgehead atoms. The van der Waals surface area contributed by atoms with Crippen molar-refractivity contribution in [3.8, 4) is 28.7 Å². The number of hydrogen-bond acceptors (Lipinski definition) is 7. The zero-order chi connectivity index (χ0) is 23.0. The predicted octanol–water partition coefficient (Wildman–Crippen LogP) is 1.83. The van der Waals surface area contributed by atoms with Crippen LogP contribution >= 0.6 is 0 Å². The third-order valence-corrected chi connectivity index (χ3v) is 7.85. The summed E-state index contributed by atoms with van der Waals surface area (Å²) in [5, 5.41) is 3.12. The van der Waals surface area contributed by atoms with E-state index >= 15 is 0 Å². The SMILES string of the molecule is CCN1CCN(CCNc2nccc(-c3c(-c4ccc(F)cc4)nc4n3CCO4)n2)S1(=O)=O. The maximum atomic E-state index is 13.4. The maximum absolute atomic E-state index is 13.4. The number of anilines is 1. The van der Waals surface area contributed by atoms with Crippen LogP contribution in [0.5, 0.6) is 6.01 Å². The van der Waals surface area contributed by atoms with Gasteiger partial charge in [0.1, 0.15) is 18.1 Å². The van der Waals surface area contributed by atoms with Crippen molar-refractivity contribution in [2.75, 3.05) is 44.6 Å². The highest BCUT2D eigenvalue weighted by molar-refractivity contribution is 7.87. The van der Waals surface area contributed by atoms with E-state index in [2.05, 4.69) is 20.3 Å². The van der Waals surface area contributed by atoms with Crippen molar-refractivity contribution in [1.82, 2.24) is 28.1 Å². The smallest absolute Gasteiger partial charge is 0.297 e. The van der Waals surface area contributed by atoms with Gasteiger partial charge in [-0.1, -0.05) is 6.92 Å². The van der Waals surface area contributed by atoms with E-state index in [1.165, 1.54) is 20.7 Å². The van der Waals surface area contributed by atoms with Gasteiger partial charge < -0.3 is 10.1 Å². The average Bonchev–Trinajstić information content (AvgIpc) is 3.47. The Morgan fingerprint density at radius 2 is 1.88 bits per heavy atom. The highest BCUT2D eigenvalue weighted by atomic mass is 32.2. The molecule has 10 nitrogen and oxygen atoms in total. The van der Waals surface area contributed by atoms with E-state index in [0.717, 1.165) is 11.3 Å². The van der Waals surface area contributed by atoms with E-state index in [1.807, 2.05) is 11.5 Å². The fraction of sp³-hybridized carbons (Fsp3) is 0.381. The Morgan fingerprint density at radius 1 is 1.09 bits per heavy atom. The van der Waals surface area contributed by atoms with Gasteiger partial charge in [-0.3, -0.25) is 4.57 Å². The van der Waals surface area contributed by atoms with Crippen molar-refractivity contribution in [1.29, 1.82) is 0 Å². The normalized spacial score (nSPS) is 17.8. The van der Waals surface area contributed by atoms with E-state index < -0.39 is 10.2 Å². The third-order valence-electron chi connectivity index (χ3n) is 5.74. The molecule has 2 aromatic heterocycles. The lowest BCUT2D eigenvalue weighted by molar-refractivity contribution is 0.345. The van der Waals surface area contributed by atoms with Crippen molar-refractivity contribution in [2.45, 2.75) is 13.5 Å². The quantitative estimate of drug-likeness (QED) is 0.558. The Bertz CT molecular complexity index is 1260. The summed E-state index contributed by atoms with van der Waals surface area (Å²) in [4.78, 5) is 13.5.